The highest BCUT2D eigenvalue weighted by molar-refractivity contribution is 6.30. The highest BCUT2D eigenvalue weighted by Gasteiger charge is 2.12. The smallest absolute Gasteiger partial charge is 0.344 e. The normalized spacial score (nSPS) is 10.5. The van der Waals surface area contributed by atoms with E-state index in [1.165, 1.54) is 0 Å². The lowest BCUT2D eigenvalue weighted by atomic mass is 10.1. The van der Waals surface area contributed by atoms with Gasteiger partial charge in [-0.1, -0.05) is 25.4 Å². The predicted molar refractivity (Wildman–Crippen MR) is 112 cm³/mol. The molecule has 0 radical (unpaired) electrons. The third kappa shape index (κ3) is 7.58. The van der Waals surface area contributed by atoms with Crippen LogP contribution in [0.3, 0.4) is 0 Å². The molecule has 2 aromatic rings. The number of hydrogen-bond acceptors (Lipinski definition) is 5. The van der Waals surface area contributed by atoms with Gasteiger partial charge in [-0.2, -0.15) is 0 Å². The molecule has 2 aromatic carbocycles. The predicted octanol–water partition coefficient (Wildman–Crippen LogP) is 4.44. The van der Waals surface area contributed by atoms with Gasteiger partial charge in [-0.15, -0.1) is 0 Å². The molecule has 0 bridgehead atoms. The van der Waals surface area contributed by atoms with Crippen LogP contribution in [-0.4, -0.2) is 30.9 Å². The quantitative estimate of drug-likeness (QED) is 0.482. The highest BCUT2D eigenvalue weighted by atomic mass is 35.5. The van der Waals surface area contributed by atoms with E-state index in [1.807, 2.05) is 20.8 Å². The van der Waals surface area contributed by atoms with Gasteiger partial charge in [0, 0.05) is 22.7 Å². The Morgan fingerprint density at radius 1 is 1.03 bits per heavy atom. The number of amides is 1. The zero-order chi connectivity index (χ0) is 21.4. The van der Waals surface area contributed by atoms with Crippen LogP contribution in [0.1, 0.15) is 36.2 Å². The van der Waals surface area contributed by atoms with Gasteiger partial charge in [0.2, 0.25) is 5.91 Å². The molecule has 0 saturated carbocycles. The number of benzene rings is 2. The third-order valence-electron chi connectivity index (χ3n) is 3.93. The minimum absolute atomic E-state index is 0.0797. The van der Waals surface area contributed by atoms with E-state index in [0.717, 1.165) is 5.56 Å². The zero-order valence-electron chi connectivity index (χ0n) is 16.7. The van der Waals surface area contributed by atoms with Crippen LogP contribution in [0.15, 0.2) is 42.5 Å². The molecule has 0 heterocycles. The fourth-order valence-electron chi connectivity index (χ4n) is 2.50. The van der Waals surface area contributed by atoms with Crippen molar-refractivity contribution in [1.29, 1.82) is 0 Å². The summed E-state index contributed by atoms with van der Waals surface area (Å²) in [7, 11) is 0. The van der Waals surface area contributed by atoms with Gasteiger partial charge in [0.15, 0.2) is 19.0 Å². The third-order valence-corrected chi connectivity index (χ3v) is 4.17. The molecule has 1 amide bonds. The van der Waals surface area contributed by atoms with E-state index in [2.05, 4.69) is 5.32 Å². The summed E-state index contributed by atoms with van der Waals surface area (Å²) in [5.41, 5.74) is 1.78. The summed E-state index contributed by atoms with van der Waals surface area (Å²) >= 11 is 5.87. The second kappa shape index (κ2) is 10.6. The van der Waals surface area contributed by atoms with E-state index in [9.17, 15) is 14.4 Å². The zero-order valence-corrected chi connectivity index (χ0v) is 17.4. The number of Topliss-reactive ketones (excluding diaryl/α,β-unsaturated/α-hetero) is 1. The standard InChI is InChI=1S/C22H24ClNO5/c1-14(2)10-21(26)24-18-7-4-16(5-8-18)19(25)12-29-22(27)13-28-20-9-6-17(23)11-15(20)3/h4-9,11,14H,10,12-13H2,1-3H3,(H,24,26). The minimum Gasteiger partial charge on any atom is -0.482 e. The van der Waals surface area contributed by atoms with E-state index in [4.69, 9.17) is 21.1 Å². The maximum Gasteiger partial charge on any atom is 0.344 e. The van der Waals surface area contributed by atoms with Crippen LogP contribution in [0, 0.1) is 12.8 Å². The summed E-state index contributed by atoms with van der Waals surface area (Å²) in [6, 6.07) is 11.5. The van der Waals surface area contributed by atoms with E-state index < -0.39 is 5.97 Å². The molecule has 29 heavy (non-hydrogen) atoms. The molecule has 0 aliphatic carbocycles. The Labute approximate surface area is 175 Å². The topological polar surface area (TPSA) is 81.7 Å². The summed E-state index contributed by atoms with van der Waals surface area (Å²) in [5, 5.41) is 3.35. The Bertz CT molecular complexity index is 877. The van der Waals surface area contributed by atoms with Crippen LogP contribution in [0.4, 0.5) is 5.69 Å². The molecule has 0 aromatic heterocycles. The van der Waals surface area contributed by atoms with Crippen molar-refractivity contribution >= 4 is 34.9 Å². The van der Waals surface area contributed by atoms with Crippen LogP contribution >= 0.6 is 11.6 Å². The van der Waals surface area contributed by atoms with Crippen molar-refractivity contribution in [3.05, 3.63) is 58.6 Å². The monoisotopic (exact) mass is 417 g/mol. The molecular weight excluding hydrogens is 394 g/mol. The van der Waals surface area contributed by atoms with Crippen molar-refractivity contribution in [2.75, 3.05) is 18.5 Å². The molecule has 0 saturated heterocycles. The molecule has 0 aliphatic rings. The molecule has 0 unspecified atom stereocenters. The average molecular weight is 418 g/mol. The Balaban J connectivity index is 1.79. The van der Waals surface area contributed by atoms with E-state index in [-0.39, 0.29) is 30.8 Å². The number of rotatable bonds is 9. The van der Waals surface area contributed by atoms with Gasteiger partial charge in [-0.05, 0) is 60.9 Å². The summed E-state index contributed by atoms with van der Waals surface area (Å²) in [6.45, 7) is 5.04. The lowest BCUT2D eigenvalue weighted by Crippen LogP contribution is -2.19. The van der Waals surface area contributed by atoms with Gasteiger partial charge in [0.25, 0.3) is 0 Å². The maximum atomic E-state index is 12.2. The fourth-order valence-corrected chi connectivity index (χ4v) is 2.73. The number of esters is 1. The number of ether oxygens (including phenoxy) is 2. The molecule has 0 fully saturated rings. The minimum atomic E-state index is -0.648. The number of halogens is 1. The highest BCUT2D eigenvalue weighted by Crippen LogP contribution is 2.21. The summed E-state index contributed by atoms with van der Waals surface area (Å²) in [5.74, 6) is -0.291. The summed E-state index contributed by atoms with van der Waals surface area (Å²) in [4.78, 5) is 35.8. The van der Waals surface area contributed by atoms with Crippen LogP contribution in [-0.2, 0) is 14.3 Å². The summed E-state index contributed by atoms with van der Waals surface area (Å²) < 4.78 is 10.4. The number of nitrogens with one attached hydrogen (secondary N) is 1. The average Bonchev–Trinajstić information content (AvgIpc) is 2.65. The number of anilines is 1. The van der Waals surface area contributed by atoms with Crippen molar-refractivity contribution < 1.29 is 23.9 Å². The molecular formula is C22H24ClNO5. The van der Waals surface area contributed by atoms with E-state index >= 15 is 0 Å². The Morgan fingerprint density at radius 3 is 2.34 bits per heavy atom. The first-order valence-electron chi connectivity index (χ1n) is 9.22. The molecule has 7 heteroatoms. The van der Waals surface area contributed by atoms with Gasteiger partial charge in [0.05, 0.1) is 0 Å². The van der Waals surface area contributed by atoms with Gasteiger partial charge < -0.3 is 14.8 Å². The van der Waals surface area contributed by atoms with E-state index in [1.54, 1.807) is 42.5 Å². The van der Waals surface area contributed by atoms with Crippen molar-refractivity contribution in [2.24, 2.45) is 5.92 Å². The lowest BCUT2D eigenvalue weighted by molar-refractivity contribution is -0.144. The first-order valence-corrected chi connectivity index (χ1v) is 9.60. The SMILES string of the molecule is Cc1cc(Cl)ccc1OCC(=O)OCC(=O)c1ccc(NC(=O)CC(C)C)cc1. The molecule has 0 atom stereocenters. The van der Waals surface area contributed by atoms with Crippen LogP contribution in [0.5, 0.6) is 5.75 Å². The summed E-state index contributed by atoms with van der Waals surface area (Å²) in [6.07, 6.45) is 0.425. The number of ketones is 1. The van der Waals surface area contributed by atoms with Crippen molar-refractivity contribution in [3.8, 4) is 5.75 Å². The van der Waals surface area contributed by atoms with Gasteiger partial charge >= 0.3 is 5.97 Å². The van der Waals surface area contributed by atoms with Gasteiger partial charge in [-0.25, -0.2) is 4.79 Å². The first-order chi connectivity index (χ1) is 13.7. The number of hydrogen-bond donors (Lipinski definition) is 1. The van der Waals surface area contributed by atoms with Crippen LogP contribution in [0.25, 0.3) is 0 Å². The lowest BCUT2D eigenvalue weighted by Gasteiger charge is -2.10. The molecule has 154 valence electrons. The first kappa shape index (κ1) is 22.4. The van der Waals surface area contributed by atoms with Gasteiger partial charge in [-0.3, -0.25) is 9.59 Å². The van der Waals surface area contributed by atoms with E-state index in [0.29, 0.717) is 28.4 Å². The van der Waals surface area contributed by atoms with Crippen LogP contribution in [0.2, 0.25) is 5.02 Å². The molecule has 2 rings (SSSR count). The Kier molecular flexibility index (Phi) is 8.21. The molecule has 0 aliphatic heterocycles. The number of carbonyl (C=O) groups excluding carboxylic acids is 3. The Morgan fingerprint density at radius 2 is 1.72 bits per heavy atom. The second-order valence-electron chi connectivity index (χ2n) is 7.01. The molecule has 6 nitrogen and oxygen atoms in total. The maximum absolute atomic E-state index is 12.2. The largest absolute Gasteiger partial charge is 0.482 e. The number of carbonyl (C=O) groups is 3. The second-order valence-corrected chi connectivity index (χ2v) is 7.44. The molecule has 1 N–H and O–H groups in total. The van der Waals surface area contributed by atoms with Gasteiger partial charge in [0.1, 0.15) is 5.75 Å². The van der Waals surface area contributed by atoms with Crippen LogP contribution < -0.4 is 10.1 Å². The number of aryl methyl sites for hydroxylation is 1. The van der Waals surface area contributed by atoms with Crippen molar-refractivity contribution in [3.63, 3.8) is 0 Å². The Hall–Kier alpha value is -2.86. The van der Waals surface area contributed by atoms with Crippen molar-refractivity contribution in [2.45, 2.75) is 27.2 Å². The fraction of sp³-hybridized carbons (Fsp3) is 0.318. The van der Waals surface area contributed by atoms with Crippen molar-refractivity contribution in [1.82, 2.24) is 0 Å². The molecule has 0 spiro atoms.